The average molecular weight is 449 g/mol. The Balaban J connectivity index is 1.46. The maximum Gasteiger partial charge on any atom is 0.241 e. The Hall–Kier alpha value is -2.53. The van der Waals surface area contributed by atoms with E-state index in [0.717, 1.165) is 35.4 Å². The Labute approximate surface area is 195 Å². The van der Waals surface area contributed by atoms with Crippen molar-refractivity contribution >= 4 is 29.3 Å². The summed E-state index contributed by atoms with van der Waals surface area (Å²) in [6.07, 6.45) is 8.05. The van der Waals surface area contributed by atoms with Crippen molar-refractivity contribution in [3.8, 4) is 0 Å². The highest BCUT2D eigenvalue weighted by Crippen LogP contribution is 2.42. The maximum absolute atomic E-state index is 13.5. The number of fused-ring (bicyclic) bond motifs is 1. The van der Waals surface area contributed by atoms with Crippen molar-refractivity contribution < 1.29 is 9.59 Å². The third-order valence-electron chi connectivity index (χ3n) is 6.38. The second kappa shape index (κ2) is 10.4. The summed E-state index contributed by atoms with van der Waals surface area (Å²) >= 11 is 1.52. The van der Waals surface area contributed by atoms with Gasteiger partial charge in [-0.3, -0.25) is 9.59 Å². The summed E-state index contributed by atoms with van der Waals surface area (Å²) in [5.41, 5.74) is 4.66. The van der Waals surface area contributed by atoms with E-state index >= 15 is 0 Å². The molecule has 0 saturated carbocycles. The van der Waals surface area contributed by atoms with Crippen LogP contribution >= 0.6 is 11.8 Å². The van der Waals surface area contributed by atoms with E-state index in [1.165, 1.54) is 35.7 Å². The van der Waals surface area contributed by atoms with Crippen LogP contribution in [0.5, 0.6) is 0 Å². The van der Waals surface area contributed by atoms with Crippen LogP contribution in [0, 0.1) is 12.8 Å². The van der Waals surface area contributed by atoms with Crippen molar-refractivity contribution in [3.05, 3.63) is 71.3 Å². The SMILES string of the molecule is Cc1ccc(CN2C(=O)[C@H]([C@@H](C)C(=O)NCCC3=CCCCC3)Sc3ccccc32)cc1. The van der Waals surface area contributed by atoms with E-state index in [0.29, 0.717) is 13.1 Å². The van der Waals surface area contributed by atoms with Crippen LogP contribution in [-0.4, -0.2) is 23.6 Å². The van der Waals surface area contributed by atoms with E-state index in [-0.39, 0.29) is 11.8 Å². The number of thioether (sulfide) groups is 1. The molecule has 1 aliphatic heterocycles. The zero-order valence-corrected chi connectivity index (χ0v) is 19.8. The lowest BCUT2D eigenvalue weighted by atomic mass is 9.97. The predicted octanol–water partition coefficient (Wildman–Crippen LogP) is 5.65. The van der Waals surface area contributed by atoms with Crippen LogP contribution in [0.3, 0.4) is 0 Å². The van der Waals surface area contributed by atoms with Crippen molar-refractivity contribution in [2.75, 3.05) is 11.4 Å². The molecule has 0 bridgehead atoms. The van der Waals surface area contributed by atoms with Gasteiger partial charge in [0, 0.05) is 11.4 Å². The maximum atomic E-state index is 13.5. The number of nitrogens with zero attached hydrogens (tertiary/aromatic N) is 1. The Morgan fingerprint density at radius 1 is 1.16 bits per heavy atom. The summed E-state index contributed by atoms with van der Waals surface area (Å²) in [5, 5.41) is 2.65. The first kappa shape index (κ1) is 22.7. The number of benzene rings is 2. The quantitative estimate of drug-likeness (QED) is 0.557. The zero-order chi connectivity index (χ0) is 22.5. The number of anilines is 1. The second-order valence-electron chi connectivity index (χ2n) is 8.85. The third-order valence-corrected chi connectivity index (χ3v) is 7.84. The van der Waals surface area contributed by atoms with E-state index < -0.39 is 11.2 Å². The van der Waals surface area contributed by atoms with E-state index in [1.807, 2.05) is 36.1 Å². The van der Waals surface area contributed by atoms with Gasteiger partial charge in [0.1, 0.15) is 5.25 Å². The number of nitrogens with one attached hydrogen (secondary N) is 1. The summed E-state index contributed by atoms with van der Waals surface area (Å²) in [6, 6.07) is 16.3. The van der Waals surface area contributed by atoms with Gasteiger partial charge in [0.2, 0.25) is 11.8 Å². The first-order valence-electron chi connectivity index (χ1n) is 11.6. The summed E-state index contributed by atoms with van der Waals surface area (Å²) in [6.45, 7) is 5.09. The molecule has 0 unspecified atom stereocenters. The summed E-state index contributed by atoms with van der Waals surface area (Å²) in [5.74, 6) is -0.435. The van der Waals surface area contributed by atoms with Gasteiger partial charge in [0.25, 0.3) is 0 Å². The molecule has 0 saturated heterocycles. The van der Waals surface area contributed by atoms with Gasteiger partial charge in [-0.1, -0.05) is 60.5 Å². The Bertz CT molecular complexity index is 999. The molecule has 0 fully saturated rings. The molecule has 1 aliphatic carbocycles. The number of rotatable bonds is 7. The van der Waals surface area contributed by atoms with Crippen molar-refractivity contribution in [1.29, 1.82) is 0 Å². The highest BCUT2D eigenvalue weighted by atomic mass is 32.2. The monoisotopic (exact) mass is 448 g/mol. The van der Waals surface area contributed by atoms with Gasteiger partial charge in [-0.15, -0.1) is 11.8 Å². The number of para-hydroxylation sites is 1. The number of carbonyl (C=O) groups excluding carboxylic acids is 2. The van der Waals surface area contributed by atoms with Crippen LogP contribution in [0.4, 0.5) is 5.69 Å². The van der Waals surface area contributed by atoms with Gasteiger partial charge in [-0.05, 0) is 56.7 Å². The number of amides is 2. The fourth-order valence-electron chi connectivity index (χ4n) is 4.37. The standard InChI is InChI=1S/C27H32N2O2S/c1-19-12-14-22(15-13-19)18-29-23-10-6-7-11-24(23)32-25(27(29)31)20(2)26(30)28-17-16-21-8-4-3-5-9-21/h6-8,10-15,20,25H,3-5,9,16-18H2,1-2H3,(H,28,30)/t20-,25+/m1/s1. The lowest BCUT2D eigenvalue weighted by Crippen LogP contribution is -2.47. The minimum Gasteiger partial charge on any atom is -0.356 e. The van der Waals surface area contributed by atoms with Crippen LogP contribution < -0.4 is 10.2 Å². The summed E-state index contributed by atoms with van der Waals surface area (Å²) < 4.78 is 0. The third kappa shape index (κ3) is 5.26. The van der Waals surface area contributed by atoms with E-state index in [9.17, 15) is 9.59 Å². The van der Waals surface area contributed by atoms with Crippen molar-refractivity contribution in [1.82, 2.24) is 5.32 Å². The molecule has 1 heterocycles. The molecule has 2 atom stereocenters. The highest BCUT2D eigenvalue weighted by molar-refractivity contribution is 8.01. The van der Waals surface area contributed by atoms with Crippen LogP contribution in [-0.2, 0) is 16.1 Å². The van der Waals surface area contributed by atoms with Gasteiger partial charge in [-0.25, -0.2) is 0 Å². The normalized spacial score (nSPS) is 19.2. The number of hydrogen-bond donors (Lipinski definition) is 1. The second-order valence-corrected chi connectivity index (χ2v) is 10.0. The smallest absolute Gasteiger partial charge is 0.241 e. The molecule has 0 radical (unpaired) electrons. The number of allylic oxidation sites excluding steroid dienone is 1. The molecule has 0 spiro atoms. The largest absolute Gasteiger partial charge is 0.356 e. The molecule has 2 aliphatic rings. The van der Waals surface area contributed by atoms with Crippen molar-refractivity contribution in [2.45, 2.75) is 62.6 Å². The van der Waals surface area contributed by atoms with Crippen LogP contribution in [0.15, 0.2) is 65.1 Å². The van der Waals surface area contributed by atoms with Gasteiger partial charge >= 0.3 is 0 Å². The highest BCUT2D eigenvalue weighted by Gasteiger charge is 2.39. The molecule has 1 N–H and O–H groups in total. The fraction of sp³-hybridized carbons (Fsp3) is 0.407. The minimum atomic E-state index is -0.427. The molecule has 2 aromatic carbocycles. The molecule has 2 amide bonds. The molecule has 0 aromatic heterocycles. The molecule has 4 nitrogen and oxygen atoms in total. The van der Waals surface area contributed by atoms with Gasteiger partial charge in [-0.2, -0.15) is 0 Å². The Morgan fingerprint density at radius 3 is 2.69 bits per heavy atom. The predicted molar refractivity (Wildman–Crippen MR) is 132 cm³/mol. The van der Waals surface area contributed by atoms with Gasteiger partial charge in [0.05, 0.1) is 18.2 Å². The van der Waals surface area contributed by atoms with Gasteiger partial charge in [0.15, 0.2) is 0 Å². The molecule has 32 heavy (non-hydrogen) atoms. The average Bonchev–Trinajstić information content (AvgIpc) is 2.82. The van der Waals surface area contributed by atoms with Crippen molar-refractivity contribution in [2.24, 2.45) is 5.92 Å². The Morgan fingerprint density at radius 2 is 1.94 bits per heavy atom. The number of aryl methyl sites for hydroxylation is 1. The Kier molecular flexibility index (Phi) is 7.36. The van der Waals surface area contributed by atoms with Crippen LogP contribution in [0.1, 0.15) is 50.2 Å². The number of hydrogen-bond acceptors (Lipinski definition) is 3. The van der Waals surface area contributed by atoms with E-state index in [4.69, 9.17) is 0 Å². The van der Waals surface area contributed by atoms with Crippen molar-refractivity contribution in [3.63, 3.8) is 0 Å². The number of carbonyl (C=O) groups is 2. The first-order valence-corrected chi connectivity index (χ1v) is 12.5. The zero-order valence-electron chi connectivity index (χ0n) is 19.0. The molecular weight excluding hydrogens is 416 g/mol. The first-order chi connectivity index (χ1) is 15.5. The van der Waals surface area contributed by atoms with E-state index in [2.05, 4.69) is 42.6 Å². The summed E-state index contributed by atoms with van der Waals surface area (Å²) in [4.78, 5) is 29.4. The molecular formula is C27H32N2O2S. The molecule has 5 heteroatoms. The molecule has 168 valence electrons. The van der Waals surface area contributed by atoms with Crippen LogP contribution in [0.2, 0.25) is 0 Å². The summed E-state index contributed by atoms with van der Waals surface area (Å²) in [7, 11) is 0. The lowest BCUT2D eigenvalue weighted by molar-refractivity contribution is -0.128. The molecule has 2 aromatic rings. The topological polar surface area (TPSA) is 49.4 Å². The lowest BCUT2D eigenvalue weighted by Gasteiger charge is -2.35. The minimum absolute atomic E-state index is 0.00640. The van der Waals surface area contributed by atoms with Gasteiger partial charge < -0.3 is 10.2 Å². The molecule has 4 rings (SSSR count). The van der Waals surface area contributed by atoms with Crippen LogP contribution in [0.25, 0.3) is 0 Å². The van der Waals surface area contributed by atoms with E-state index in [1.54, 1.807) is 0 Å². The fourth-order valence-corrected chi connectivity index (χ4v) is 5.66.